The molecule has 8 heteroatoms. The third kappa shape index (κ3) is 5.08. The molecule has 4 N–H and O–H groups in total. The van der Waals surface area contributed by atoms with Gasteiger partial charge >= 0.3 is 18.0 Å². The largest absolute Gasteiger partial charge is 0.479 e. The number of nitrogens with one attached hydrogen (secondary N) is 1. The Morgan fingerprint density at radius 3 is 2.44 bits per heavy atom. The molecule has 2 aromatic rings. The van der Waals surface area contributed by atoms with Crippen LogP contribution in [0.15, 0.2) is 42.5 Å². The molecule has 1 aliphatic rings. The van der Waals surface area contributed by atoms with Crippen LogP contribution in [0.25, 0.3) is 11.1 Å². The average Bonchev–Trinajstić information content (AvgIpc) is 3.09. The first-order chi connectivity index (χ1) is 15.0. The van der Waals surface area contributed by atoms with Gasteiger partial charge in [-0.15, -0.1) is 0 Å². The lowest BCUT2D eigenvalue weighted by molar-refractivity contribution is -0.162. The molecular formula is C24H28N2O6. The summed E-state index contributed by atoms with van der Waals surface area (Å²) in [4.78, 5) is 36.1. The van der Waals surface area contributed by atoms with Crippen LogP contribution in [-0.2, 0) is 32.1 Å². The van der Waals surface area contributed by atoms with Crippen molar-refractivity contribution in [2.45, 2.75) is 51.4 Å². The summed E-state index contributed by atoms with van der Waals surface area (Å²) in [5, 5.41) is 12.0. The highest BCUT2D eigenvalue weighted by Crippen LogP contribution is 2.38. The van der Waals surface area contributed by atoms with E-state index in [1.165, 1.54) is 5.56 Å². The van der Waals surface area contributed by atoms with Gasteiger partial charge in [0.2, 0.25) is 5.54 Å². The zero-order chi connectivity index (χ0) is 23.5. The summed E-state index contributed by atoms with van der Waals surface area (Å²) < 4.78 is 10.4. The van der Waals surface area contributed by atoms with Crippen molar-refractivity contribution in [2.24, 2.45) is 5.73 Å². The number of alkyl carbamates (subject to hydrolysis) is 1. The van der Waals surface area contributed by atoms with Gasteiger partial charge in [-0.05, 0) is 55.0 Å². The molecule has 3 rings (SSSR count). The number of esters is 1. The standard InChI is InChI=1S/C24H28N2O6/c1-23(2,3)32-22(30)26-12-11-24(25,20(27)28)21(29)31-14-16-8-6-10-18-17-9-5-4-7-15(17)13-19(16)18/h4-10H,11-14,25H2,1-3H3,(H,26,30)(H,27,28). The topological polar surface area (TPSA) is 128 Å². The van der Waals surface area contributed by atoms with Crippen LogP contribution in [0.5, 0.6) is 0 Å². The van der Waals surface area contributed by atoms with Crippen LogP contribution in [0.2, 0.25) is 0 Å². The van der Waals surface area contributed by atoms with Gasteiger partial charge < -0.3 is 25.6 Å². The van der Waals surface area contributed by atoms with E-state index >= 15 is 0 Å². The number of carbonyl (C=O) groups is 3. The summed E-state index contributed by atoms with van der Waals surface area (Å²) in [6.07, 6.45) is -0.358. The molecular weight excluding hydrogens is 412 g/mol. The number of aliphatic carboxylic acids is 1. The molecule has 0 saturated heterocycles. The molecule has 0 radical (unpaired) electrons. The van der Waals surface area contributed by atoms with Crippen LogP contribution in [0, 0.1) is 0 Å². The van der Waals surface area contributed by atoms with E-state index in [9.17, 15) is 19.5 Å². The van der Waals surface area contributed by atoms with E-state index < -0.39 is 29.2 Å². The summed E-state index contributed by atoms with van der Waals surface area (Å²) in [5.74, 6) is -2.59. The van der Waals surface area contributed by atoms with E-state index in [0.29, 0.717) is 6.42 Å². The Kier molecular flexibility index (Phi) is 6.55. The fourth-order valence-corrected chi connectivity index (χ4v) is 3.60. The molecule has 1 unspecified atom stereocenters. The number of ether oxygens (including phenoxy) is 2. The van der Waals surface area contributed by atoms with Crippen molar-refractivity contribution >= 4 is 18.0 Å². The van der Waals surface area contributed by atoms with Crippen molar-refractivity contribution < 1.29 is 29.0 Å². The number of hydrogen-bond acceptors (Lipinski definition) is 6. The minimum absolute atomic E-state index is 0.0955. The van der Waals surface area contributed by atoms with E-state index in [1.54, 1.807) is 20.8 Å². The van der Waals surface area contributed by atoms with E-state index in [0.717, 1.165) is 22.3 Å². The molecule has 0 heterocycles. The number of carboxylic acids is 1. The number of rotatable bonds is 7. The first-order valence-corrected chi connectivity index (χ1v) is 10.4. The van der Waals surface area contributed by atoms with Gasteiger partial charge in [-0.25, -0.2) is 14.4 Å². The minimum atomic E-state index is -2.30. The molecule has 0 bridgehead atoms. The van der Waals surface area contributed by atoms with E-state index in [2.05, 4.69) is 11.4 Å². The maximum Gasteiger partial charge on any atom is 0.407 e. The molecule has 0 fully saturated rings. The van der Waals surface area contributed by atoms with E-state index in [4.69, 9.17) is 15.2 Å². The van der Waals surface area contributed by atoms with Gasteiger partial charge in [0.25, 0.3) is 0 Å². The van der Waals surface area contributed by atoms with E-state index in [1.807, 2.05) is 36.4 Å². The van der Waals surface area contributed by atoms with Gasteiger partial charge in [0.15, 0.2) is 0 Å². The summed E-state index contributed by atoms with van der Waals surface area (Å²) in [7, 11) is 0. The molecule has 1 aliphatic carbocycles. The average molecular weight is 440 g/mol. The second kappa shape index (κ2) is 9.00. The van der Waals surface area contributed by atoms with Crippen LogP contribution in [0.3, 0.4) is 0 Å². The Bertz CT molecular complexity index is 1040. The third-order valence-corrected chi connectivity index (χ3v) is 5.24. The fourth-order valence-electron chi connectivity index (χ4n) is 3.60. The molecule has 0 spiro atoms. The maximum atomic E-state index is 12.6. The minimum Gasteiger partial charge on any atom is -0.479 e. The van der Waals surface area contributed by atoms with Gasteiger partial charge in [0, 0.05) is 13.0 Å². The van der Waals surface area contributed by atoms with Crippen molar-refractivity contribution in [3.05, 3.63) is 59.2 Å². The van der Waals surface area contributed by atoms with Gasteiger partial charge in [-0.1, -0.05) is 42.5 Å². The summed E-state index contributed by atoms with van der Waals surface area (Å²) in [5.41, 5.74) is 8.13. The van der Waals surface area contributed by atoms with Crippen molar-refractivity contribution in [3.8, 4) is 11.1 Å². The number of nitrogens with two attached hydrogens (primary N) is 1. The number of carbonyl (C=O) groups excluding carboxylic acids is 2. The SMILES string of the molecule is CC(C)(C)OC(=O)NCCC(N)(C(=O)O)C(=O)OCc1cccc2c1Cc1ccccc1-2. The van der Waals surface area contributed by atoms with Gasteiger partial charge in [0.1, 0.15) is 12.2 Å². The highest BCUT2D eigenvalue weighted by atomic mass is 16.6. The number of carboxylic acid groups (broad SMARTS) is 1. The van der Waals surface area contributed by atoms with Gasteiger partial charge in [-0.3, -0.25) is 0 Å². The zero-order valence-electron chi connectivity index (χ0n) is 18.4. The molecule has 0 aromatic heterocycles. The van der Waals surface area contributed by atoms with Crippen LogP contribution in [0.4, 0.5) is 4.79 Å². The normalized spacial score (nSPS) is 14.0. The molecule has 32 heavy (non-hydrogen) atoms. The first-order valence-electron chi connectivity index (χ1n) is 10.4. The number of benzene rings is 2. The van der Waals surface area contributed by atoms with Crippen molar-refractivity contribution in [1.82, 2.24) is 5.32 Å². The quantitative estimate of drug-likeness (QED) is 0.381. The second-order valence-corrected chi connectivity index (χ2v) is 8.81. The van der Waals surface area contributed by atoms with Crippen LogP contribution >= 0.6 is 0 Å². The van der Waals surface area contributed by atoms with Crippen molar-refractivity contribution in [1.29, 1.82) is 0 Å². The predicted octanol–water partition coefficient (Wildman–Crippen LogP) is 3.00. The Morgan fingerprint density at radius 2 is 1.75 bits per heavy atom. The molecule has 170 valence electrons. The van der Waals surface area contributed by atoms with Crippen LogP contribution < -0.4 is 11.1 Å². The monoisotopic (exact) mass is 440 g/mol. The first kappa shape index (κ1) is 23.3. The highest BCUT2D eigenvalue weighted by Gasteiger charge is 2.44. The smallest absolute Gasteiger partial charge is 0.407 e. The van der Waals surface area contributed by atoms with Crippen LogP contribution in [-0.4, -0.2) is 40.8 Å². The highest BCUT2D eigenvalue weighted by molar-refractivity contribution is 6.03. The molecule has 1 amide bonds. The summed E-state index contributed by atoms with van der Waals surface area (Å²) >= 11 is 0. The van der Waals surface area contributed by atoms with Crippen LogP contribution in [0.1, 0.15) is 43.9 Å². The Morgan fingerprint density at radius 1 is 1.06 bits per heavy atom. The number of fused-ring (bicyclic) bond motifs is 3. The third-order valence-electron chi connectivity index (χ3n) is 5.24. The van der Waals surface area contributed by atoms with Gasteiger partial charge in [-0.2, -0.15) is 0 Å². The molecule has 1 atom stereocenters. The lowest BCUT2D eigenvalue weighted by Gasteiger charge is -2.24. The Balaban J connectivity index is 1.64. The lowest BCUT2D eigenvalue weighted by Crippen LogP contribution is -2.57. The zero-order valence-corrected chi connectivity index (χ0v) is 18.4. The van der Waals surface area contributed by atoms with Gasteiger partial charge in [0.05, 0.1) is 0 Å². The number of hydrogen-bond donors (Lipinski definition) is 3. The summed E-state index contributed by atoms with van der Waals surface area (Å²) in [6.45, 7) is 4.85. The molecule has 0 aliphatic heterocycles. The molecule has 0 saturated carbocycles. The Labute approximate surface area is 186 Å². The maximum absolute atomic E-state index is 12.6. The fraction of sp³-hybridized carbons (Fsp3) is 0.375. The Hall–Kier alpha value is -3.39. The molecule has 2 aromatic carbocycles. The molecule has 8 nitrogen and oxygen atoms in total. The predicted molar refractivity (Wildman–Crippen MR) is 118 cm³/mol. The number of amides is 1. The summed E-state index contributed by atoms with van der Waals surface area (Å²) in [6, 6.07) is 13.8. The van der Waals surface area contributed by atoms with Crippen molar-refractivity contribution in [2.75, 3.05) is 6.54 Å². The lowest BCUT2D eigenvalue weighted by atomic mass is 9.96. The van der Waals surface area contributed by atoms with Crippen molar-refractivity contribution in [3.63, 3.8) is 0 Å². The second-order valence-electron chi connectivity index (χ2n) is 8.81. The van der Waals surface area contributed by atoms with E-state index in [-0.39, 0.29) is 19.6 Å².